The fourth-order valence-corrected chi connectivity index (χ4v) is 2.52. The van der Waals surface area contributed by atoms with Crippen molar-refractivity contribution in [3.05, 3.63) is 69.0 Å². The number of carbonyl (C=O) groups is 1. The van der Waals surface area contributed by atoms with Gasteiger partial charge in [-0.25, -0.2) is 0 Å². The number of nitro groups is 1. The molecule has 0 aromatic heterocycles. The Morgan fingerprint density at radius 3 is 2.68 bits per heavy atom. The van der Waals surface area contributed by atoms with Crippen molar-refractivity contribution in [3.8, 4) is 17.6 Å². The van der Waals surface area contributed by atoms with E-state index >= 15 is 0 Å². The summed E-state index contributed by atoms with van der Waals surface area (Å²) in [5.41, 5.74) is 1.71. The van der Waals surface area contributed by atoms with Crippen molar-refractivity contribution in [2.45, 2.75) is 6.92 Å². The van der Waals surface area contributed by atoms with Gasteiger partial charge in [0.25, 0.3) is 5.69 Å². The lowest BCUT2D eigenvalue weighted by Gasteiger charge is -2.06. The number of ketones is 1. The molecular weight excluding hydrogens is 324 g/mol. The number of benzene rings is 2. The summed E-state index contributed by atoms with van der Waals surface area (Å²) >= 11 is 0. The van der Waals surface area contributed by atoms with Gasteiger partial charge < -0.3 is 9.47 Å². The molecule has 7 nitrogen and oxygen atoms in total. The summed E-state index contributed by atoms with van der Waals surface area (Å²) in [5, 5.41) is 19.3. The predicted molar refractivity (Wildman–Crippen MR) is 88.3 cm³/mol. The van der Waals surface area contributed by atoms with Gasteiger partial charge >= 0.3 is 0 Å². The van der Waals surface area contributed by atoms with Crippen LogP contribution in [0.25, 0.3) is 6.08 Å². The number of hydrogen-bond donors (Lipinski definition) is 0. The van der Waals surface area contributed by atoms with Crippen molar-refractivity contribution < 1.29 is 19.2 Å². The molecule has 0 saturated heterocycles. The molecule has 0 amide bonds. The molecule has 0 saturated carbocycles. The molecule has 0 unspecified atom stereocenters. The van der Waals surface area contributed by atoms with Crippen molar-refractivity contribution >= 4 is 17.5 Å². The highest BCUT2D eigenvalue weighted by Gasteiger charge is 2.30. The Kier molecular flexibility index (Phi) is 4.18. The second kappa shape index (κ2) is 6.45. The number of fused-ring (bicyclic) bond motifs is 1. The van der Waals surface area contributed by atoms with E-state index in [9.17, 15) is 14.9 Å². The van der Waals surface area contributed by atoms with E-state index in [1.165, 1.54) is 18.2 Å². The van der Waals surface area contributed by atoms with E-state index in [-0.39, 0.29) is 23.8 Å². The Balaban J connectivity index is 1.90. The Labute approximate surface area is 142 Å². The van der Waals surface area contributed by atoms with E-state index in [2.05, 4.69) is 0 Å². The van der Waals surface area contributed by atoms with E-state index in [1.54, 1.807) is 31.2 Å². The van der Waals surface area contributed by atoms with Gasteiger partial charge in [0.1, 0.15) is 17.6 Å². The standard InChI is InChI=1S/C18H12N2O5/c1-11-8-14(24-7-6-19)10-15-17(11)18(21)16(25-15)9-12-2-4-13(5-3-12)20(22)23/h2-5,8-10H,7H2,1H3/b16-9-. The maximum atomic E-state index is 12.5. The lowest BCUT2D eigenvalue weighted by atomic mass is 10.0. The number of nitriles is 1. The first-order valence-corrected chi connectivity index (χ1v) is 7.32. The number of carbonyl (C=O) groups excluding carboxylic acids is 1. The first-order chi connectivity index (χ1) is 12.0. The smallest absolute Gasteiger partial charge is 0.269 e. The zero-order valence-electron chi connectivity index (χ0n) is 13.2. The average molecular weight is 336 g/mol. The molecule has 25 heavy (non-hydrogen) atoms. The van der Waals surface area contributed by atoms with E-state index in [0.29, 0.717) is 28.2 Å². The number of nitrogens with zero attached hydrogens (tertiary/aromatic N) is 2. The minimum atomic E-state index is -0.490. The Morgan fingerprint density at radius 1 is 1.32 bits per heavy atom. The number of allylic oxidation sites excluding steroid dienone is 1. The fourth-order valence-electron chi connectivity index (χ4n) is 2.52. The van der Waals surface area contributed by atoms with E-state index in [4.69, 9.17) is 14.7 Å². The number of non-ortho nitro benzene ring substituents is 1. The van der Waals surface area contributed by atoms with Gasteiger partial charge in [-0.05, 0) is 42.3 Å². The highest BCUT2D eigenvalue weighted by atomic mass is 16.6. The zero-order chi connectivity index (χ0) is 18.0. The van der Waals surface area contributed by atoms with Gasteiger partial charge in [0.2, 0.25) is 5.78 Å². The molecule has 7 heteroatoms. The minimum Gasteiger partial charge on any atom is -0.479 e. The van der Waals surface area contributed by atoms with Crippen LogP contribution in [0.2, 0.25) is 0 Å². The minimum absolute atomic E-state index is 0.0285. The van der Waals surface area contributed by atoms with Crippen LogP contribution in [0.1, 0.15) is 21.5 Å². The number of Topliss-reactive ketones (excluding diaryl/α,β-unsaturated/α-hetero) is 1. The number of hydrogen-bond acceptors (Lipinski definition) is 6. The van der Waals surface area contributed by atoms with Crippen LogP contribution in [0.4, 0.5) is 5.69 Å². The summed E-state index contributed by atoms with van der Waals surface area (Å²) in [6, 6.07) is 10.9. The van der Waals surface area contributed by atoms with Crippen LogP contribution in [0.5, 0.6) is 11.5 Å². The van der Waals surface area contributed by atoms with Gasteiger partial charge in [0.15, 0.2) is 12.4 Å². The molecular formula is C18H12N2O5. The molecule has 0 fully saturated rings. The fraction of sp³-hybridized carbons (Fsp3) is 0.111. The molecule has 2 aromatic carbocycles. The summed E-state index contributed by atoms with van der Waals surface area (Å²) in [6.45, 7) is 1.66. The van der Waals surface area contributed by atoms with Gasteiger partial charge in [0, 0.05) is 18.2 Å². The molecule has 0 spiro atoms. The molecule has 1 aliphatic rings. The zero-order valence-corrected chi connectivity index (χ0v) is 13.2. The van der Waals surface area contributed by atoms with E-state index < -0.39 is 4.92 Å². The summed E-state index contributed by atoms with van der Waals surface area (Å²) < 4.78 is 10.9. The van der Waals surface area contributed by atoms with E-state index in [0.717, 1.165) is 0 Å². The lowest BCUT2D eigenvalue weighted by molar-refractivity contribution is -0.384. The van der Waals surface area contributed by atoms with Crippen LogP contribution in [-0.2, 0) is 0 Å². The summed E-state index contributed by atoms with van der Waals surface area (Å²) in [6.07, 6.45) is 1.53. The first kappa shape index (κ1) is 16.2. The molecule has 1 heterocycles. The summed E-state index contributed by atoms with van der Waals surface area (Å²) in [4.78, 5) is 22.7. The van der Waals surface area contributed by atoms with Gasteiger partial charge in [-0.15, -0.1) is 0 Å². The molecule has 0 aliphatic carbocycles. The summed E-state index contributed by atoms with van der Waals surface area (Å²) in [5.74, 6) is 0.676. The predicted octanol–water partition coefficient (Wildman–Crippen LogP) is 3.42. The van der Waals surface area contributed by atoms with Crippen molar-refractivity contribution in [2.75, 3.05) is 6.61 Å². The third-order valence-corrected chi connectivity index (χ3v) is 3.65. The molecule has 1 aliphatic heterocycles. The SMILES string of the molecule is Cc1cc(OCC#N)cc2c1C(=O)/C(=C/c1ccc([N+](=O)[O-])cc1)O2. The third kappa shape index (κ3) is 3.19. The van der Waals surface area contributed by atoms with Crippen molar-refractivity contribution in [3.63, 3.8) is 0 Å². The lowest BCUT2D eigenvalue weighted by Crippen LogP contribution is -2.00. The number of ether oxygens (including phenoxy) is 2. The quantitative estimate of drug-likeness (QED) is 0.481. The summed E-state index contributed by atoms with van der Waals surface area (Å²) in [7, 11) is 0. The van der Waals surface area contributed by atoms with Crippen LogP contribution in [0.3, 0.4) is 0 Å². The van der Waals surface area contributed by atoms with Gasteiger partial charge in [-0.1, -0.05) is 0 Å². The van der Waals surface area contributed by atoms with Crippen molar-refractivity contribution in [1.29, 1.82) is 5.26 Å². The Morgan fingerprint density at radius 2 is 2.04 bits per heavy atom. The molecule has 0 radical (unpaired) electrons. The van der Waals surface area contributed by atoms with Gasteiger partial charge in [0.05, 0.1) is 10.5 Å². The first-order valence-electron chi connectivity index (χ1n) is 7.32. The molecule has 3 rings (SSSR count). The van der Waals surface area contributed by atoms with Crippen LogP contribution in [-0.4, -0.2) is 17.3 Å². The second-order valence-electron chi connectivity index (χ2n) is 5.35. The normalized spacial score (nSPS) is 13.9. The topological polar surface area (TPSA) is 102 Å². The molecule has 0 N–H and O–H groups in total. The number of aryl methyl sites for hydroxylation is 1. The van der Waals surface area contributed by atoms with Crippen LogP contribution in [0.15, 0.2) is 42.2 Å². The van der Waals surface area contributed by atoms with Gasteiger partial charge in [-0.3, -0.25) is 14.9 Å². The largest absolute Gasteiger partial charge is 0.479 e. The van der Waals surface area contributed by atoms with Gasteiger partial charge in [-0.2, -0.15) is 5.26 Å². The molecule has 124 valence electrons. The van der Waals surface area contributed by atoms with Crippen LogP contribution in [0, 0.1) is 28.4 Å². The number of rotatable bonds is 4. The maximum Gasteiger partial charge on any atom is 0.269 e. The average Bonchev–Trinajstić information content (AvgIpc) is 2.89. The highest BCUT2D eigenvalue weighted by Crippen LogP contribution is 2.37. The highest BCUT2D eigenvalue weighted by molar-refractivity contribution is 6.15. The van der Waals surface area contributed by atoms with Crippen LogP contribution < -0.4 is 9.47 Å². The molecule has 0 bridgehead atoms. The van der Waals surface area contributed by atoms with Crippen molar-refractivity contribution in [2.24, 2.45) is 0 Å². The van der Waals surface area contributed by atoms with Crippen LogP contribution >= 0.6 is 0 Å². The van der Waals surface area contributed by atoms with Crippen molar-refractivity contribution in [1.82, 2.24) is 0 Å². The van der Waals surface area contributed by atoms with E-state index in [1.807, 2.05) is 6.07 Å². The number of nitro benzene ring substituents is 1. The maximum absolute atomic E-state index is 12.5. The second-order valence-corrected chi connectivity index (χ2v) is 5.35. The monoisotopic (exact) mass is 336 g/mol. The Bertz CT molecular complexity index is 939. The molecule has 2 aromatic rings. The third-order valence-electron chi connectivity index (χ3n) is 3.65. The molecule has 0 atom stereocenters. The Hall–Kier alpha value is -3.66.